The van der Waals surface area contributed by atoms with E-state index in [4.69, 9.17) is 10.5 Å². The van der Waals surface area contributed by atoms with Crippen molar-refractivity contribution in [2.45, 2.75) is 19.4 Å². The Morgan fingerprint density at radius 3 is 2.63 bits per heavy atom. The first-order valence-electron chi connectivity index (χ1n) is 6.40. The fraction of sp³-hybridized carbons (Fsp3) is 0.538. The molecular formula is C13H20N2O3S. The lowest BCUT2D eigenvalue weighted by atomic mass is 10.2. The largest absolute Gasteiger partial charge is 0.492 e. The second-order valence-electron chi connectivity index (χ2n) is 4.88. The van der Waals surface area contributed by atoms with Crippen LogP contribution in [0.15, 0.2) is 24.3 Å². The third kappa shape index (κ3) is 3.92. The summed E-state index contributed by atoms with van der Waals surface area (Å²) in [5.41, 5.74) is 6.86. The number of nitrogens with two attached hydrogens (primary N) is 1. The number of hydrogen-bond donors (Lipinski definition) is 1. The van der Waals surface area contributed by atoms with Gasteiger partial charge in [0.1, 0.15) is 12.4 Å². The quantitative estimate of drug-likeness (QED) is 0.865. The molecule has 0 bridgehead atoms. The SMILES string of the molecule is Cc1ccc(OCCS(=O)(=O)N2CCC(N)C2)cc1. The predicted octanol–water partition coefficient (Wildman–Crippen LogP) is 0.737. The molecule has 0 saturated carbocycles. The van der Waals surface area contributed by atoms with Crippen LogP contribution in [0.2, 0.25) is 0 Å². The van der Waals surface area contributed by atoms with Crippen LogP contribution in [-0.4, -0.2) is 44.2 Å². The minimum absolute atomic E-state index is 0.00635. The molecule has 1 fully saturated rings. The molecule has 1 saturated heterocycles. The summed E-state index contributed by atoms with van der Waals surface area (Å²) in [4.78, 5) is 0. The summed E-state index contributed by atoms with van der Waals surface area (Å²) < 4.78 is 30.9. The van der Waals surface area contributed by atoms with Gasteiger partial charge in [0.25, 0.3) is 0 Å². The Bertz CT molecular complexity index is 513. The molecule has 0 radical (unpaired) electrons. The van der Waals surface area contributed by atoms with E-state index in [1.165, 1.54) is 4.31 Å². The molecule has 0 aliphatic carbocycles. The van der Waals surface area contributed by atoms with E-state index in [-0.39, 0.29) is 18.4 Å². The van der Waals surface area contributed by atoms with Crippen LogP contribution in [0.4, 0.5) is 0 Å². The Kier molecular flexibility index (Phi) is 4.44. The highest BCUT2D eigenvalue weighted by molar-refractivity contribution is 7.89. The molecule has 1 atom stereocenters. The van der Waals surface area contributed by atoms with Gasteiger partial charge in [0, 0.05) is 19.1 Å². The van der Waals surface area contributed by atoms with Crippen molar-refractivity contribution >= 4 is 10.0 Å². The Labute approximate surface area is 114 Å². The van der Waals surface area contributed by atoms with E-state index in [2.05, 4.69) is 0 Å². The van der Waals surface area contributed by atoms with E-state index < -0.39 is 10.0 Å². The summed E-state index contributed by atoms with van der Waals surface area (Å²) in [6, 6.07) is 7.52. The highest BCUT2D eigenvalue weighted by atomic mass is 32.2. The van der Waals surface area contributed by atoms with E-state index in [0.717, 1.165) is 12.0 Å². The standard InChI is InChI=1S/C13H20N2O3S/c1-11-2-4-13(5-3-11)18-8-9-19(16,17)15-7-6-12(14)10-15/h2-5,12H,6-10,14H2,1H3. The zero-order chi connectivity index (χ0) is 13.9. The molecule has 5 nitrogen and oxygen atoms in total. The molecule has 1 aromatic carbocycles. The van der Waals surface area contributed by atoms with E-state index >= 15 is 0 Å². The van der Waals surface area contributed by atoms with Crippen LogP contribution in [-0.2, 0) is 10.0 Å². The summed E-state index contributed by atoms with van der Waals surface area (Å²) in [6.07, 6.45) is 0.734. The summed E-state index contributed by atoms with van der Waals surface area (Å²) in [6.45, 7) is 3.10. The molecular weight excluding hydrogens is 264 g/mol. The van der Waals surface area contributed by atoms with E-state index in [1.54, 1.807) is 0 Å². The van der Waals surface area contributed by atoms with Crippen molar-refractivity contribution in [3.8, 4) is 5.75 Å². The van der Waals surface area contributed by atoms with E-state index in [1.807, 2.05) is 31.2 Å². The molecule has 6 heteroatoms. The number of ether oxygens (including phenoxy) is 1. The van der Waals surface area contributed by atoms with Crippen LogP contribution in [0.1, 0.15) is 12.0 Å². The van der Waals surface area contributed by atoms with Gasteiger partial charge in [-0.25, -0.2) is 12.7 Å². The maximum atomic E-state index is 12.0. The molecule has 106 valence electrons. The number of benzene rings is 1. The van der Waals surface area contributed by atoms with Gasteiger partial charge in [-0.2, -0.15) is 0 Å². The molecule has 1 aliphatic rings. The average Bonchev–Trinajstić information content (AvgIpc) is 2.79. The van der Waals surface area contributed by atoms with Crippen molar-refractivity contribution in [1.82, 2.24) is 4.31 Å². The number of rotatable bonds is 5. The molecule has 2 N–H and O–H groups in total. The lowest BCUT2D eigenvalue weighted by molar-refractivity contribution is 0.336. The van der Waals surface area contributed by atoms with Gasteiger partial charge < -0.3 is 10.5 Å². The van der Waals surface area contributed by atoms with Crippen molar-refractivity contribution in [1.29, 1.82) is 0 Å². The second kappa shape index (κ2) is 5.90. The molecule has 1 heterocycles. The predicted molar refractivity (Wildman–Crippen MR) is 74.6 cm³/mol. The molecule has 1 aliphatic heterocycles. The molecule has 0 spiro atoms. The zero-order valence-corrected chi connectivity index (χ0v) is 11.9. The maximum absolute atomic E-state index is 12.0. The van der Waals surface area contributed by atoms with Gasteiger partial charge in [-0.1, -0.05) is 17.7 Å². The van der Waals surface area contributed by atoms with Gasteiger partial charge in [-0.3, -0.25) is 0 Å². The minimum Gasteiger partial charge on any atom is -0.492 e. The third-order valence-corrected chi connectivity index (χ3v) is 5.01. The third-order valence-electron chi connectivity index (χ3n) is 3.21. The fourth-order valence-corrected chi connectivity index (χ4v) is 3.39. The van der Waals surface area contributed by atoms with Crippen molar-refractivity contribution in [3.05, 3.63) is 29.8 Å². The van der Waals surface area contributed by atoms with Crippen LogP contribution in [0, 0.1) is 6.92 Å². The molecule has 1 unspecified atom stereocenters. The lowest BCUT2D eigenvalue weighted by Gasteiger charge is -2.16. The van der Waals surface area contributed by atoms with Crippen LogP contribution in [0.25, 0.3) is 0 Å². The van der Waals surface area contributed by atoms with Crippen molar-refractivity contribution < 1.29 is 13.2 Å². The van der Waals surface area contributed by atoms with Gasteiger partial charge >= 0.3 is 0 Å². The van der Waals surface area contributed by atoms with Gasteiger partial charge in [-0.15, -0.1) is 0 Å². The molecule has 19 heavy (non-hydrogen) atoms. The summed E-state index contributed by atoms with van der Waals surface area (Å²) in [7, 11) is -3.24. The topological polar surface area (TPSA) is 72.6 Å². The smallest absolute Gasteiger partial charge is 0.217 e. The number of nitrogens with zero attached hydrogens (tertiary/aromatic N) is 1. The maximum Gasteiger partial charge on any atom is 0.217 e. The van der Waals surface area contributed by atoms with Gasteiger partial charge in [0.2, 0.25) is 10.0 Å². The normalized spacial score (nSPS) is 20.6. The Morgan fingerprint density at radius 2 is 2.05 bits per heavy atom. The fourth-order valence-electron chi connectivity index (χ4n) is 2.04. The van der Waals surface area contributed by atoms with Gasteiger partial charge in [0.05, 0.1) is 5.75 Å². The van der Waals surface area contributed by atoms with Gasteiger partial charge in [-0.05, 0) is 25.5 Å². The summed E-state index contributed by atoms with van der Waals surface area (Å²) in [5, 5.41) is 0. The average molecular weight is 284 g/mol. The first kappa shape index (κ1) is 14.3. The molecule has 1 aromatic rings. The van der Waals surface area contributed by atoms with Crippen LogP contribution in [0.3, 0.4) is 0 Å². The van der Waals surface area contributed by atoms with Crippen molar-refractivity contribution in [2.75, 3.05) is 25.4 Å². The summed E-state index contributed by atoms with van der Waals surface area (Å²) >= 11 is 0. The highest BCUT2D eigenvalue weighted by Crippen LogP contribution is 2.14. The van der Waals surface area contributed by atoms with E-state index in [0.29, 0.717) is 18.8 Å². The van der Waals surface area contributed by atoms with Crippen LogP contribution < -0.4 is 10.5 Å². The highest BCUT2D eigenvalue weighted by Gasteiger charge is 2.29. The Balaban J connectivity index is 1.83. The van der Waals surface area contributed by atoms with Crippen molar-refractivity contribution in [2.24, 2.45) is 5.73 Å². The first-order valence-corrected chi connectivity index (χ1v) is 8.01. The first-order chi connectivity index (χ1) is 8.97. The number of sulfonamides is 1. The summed E-state index contributed by atoms with van der Waals surface area (Å²) in [5.74, 6) is 0.687. The molecule has 0 amide bonds. The second-order valence-corrected chi connectivity index (χ2v) is 6.97. The minimum atomic E-state index is -3.24. The monoisotopic (exact) mass is 284 g/mol. The lowest BCUT2D eigenvalue weighted by Crippen LogP contribution is -2.35. The number of aryl methyl sites for hydroxylation is 1. The van der Waals surface area contributed by atoms with Crippen LogP contribution in [0.5, 0.6) is 5.75 Å². The molecule has 0 aromatic heterocycles. The Morgan fingerprint density at radius 1 is 1.37 bits per heavy atom. The van der Waals surface area contributed by atoms with Gasteiger partial charge in [0.15, 0.2) is 0 Å². The number of hydrogen-bond acceptors (Lipinski definition) is 4. The van der Waals surface area contributed by atoms with Crippen molar-refractivity contribution in [3.63, 3.8) is 0 Å². The molecule has 2 rings (SSSR count). The zero-order valence-electron chi connectivity index (χ0n) is 11.1. The Hall–Kier alpha value is -1.11. The van der Waals surface area contributed by atoms with Crippen LogP contribution >= 0.6 is 0 Å². The van der Waals surface area contributed by atoms with E-state index in [9.17, 15) is 8.42 Å².